The maximum absolute atomic E-state index is 14.0. The van der Waals surface area contributed by atoms with Gasteiger partial charge in [0, 0.05) is 18.0 Å². The van der Waals surface area contributed by atoms with Crippen LogP contribution >= 0.6 is 0 Å². The number of aromatic amines is 1. The molecule has 9 heteroatoms. The zero-order valence-corrected chi connectivity index (χ0v) is 13.5. The molecule has 138 valence electrons. The SMILES string of the molecule is O=C(Nc1cccnc1)c1cc(C(=O)c2c(F)cccc2C(F)(F)F)c[nH]1. The van der Waals surface area contributed by atoms with Crippen molar-refractivity contribution in [1.29, 1.82) is 0 Å². The van der Waals surface area contributed by atoms with Gasteiger partial charge in [-0.15, -0.1) is 0 Å². The lowest BCUT2D eigenvalue weighted by molar-refractivity contribution is -0.138. The number of aromatic nitrogens is 2. The summed E-state index contributed by atoms with van der Waals surface area (Å²) in [5, 5.41) is 2.50. The number of anilines is 1. The summed E-state index contributed by atoms with van der Waals surface area (Å²) in [6.45, 7) is 0. The molecular formula is C18H11F4N3O2. The summed E-state index contributed by atoms with van der Waals surface area (Å²) < 4.78 is 53.2. The van der Waals surface area contributed by atoms with Crippen molar-refractivity contribution in [3.05, 3.63) is 83.2 Å². The second-order valence-corrected chi connectivity index (χ2v) is 5.49. The molecular weight excluding hydrogens is 366 g/mol. The molecule has 3 aromatic rings. The van der Waals surface area contributed by atoms with E-state index in [0.717, 1.165) is 24.4 Å². The molecule has 27 heavy (non-hydrogen) atoms. The standard InChI is InChI=1S/C18H11F4N3O2/c19-13-5-1-4-12(18(20,21)22)15(13)16(26)10-7-14(24-8-10)17(27)25-11-3-2-6-23-9-11/h1-9,24H,(H,25,27). The van der Waals surface area contributed by atoms with Crippen LogP contribution in [0.1, 0.15) is 32.0 Å². The molecule has 0 fully saturated rings. The number of nitrogens with one attached hydrogen (secondary N) is 2. The maximum Gasteiger partial charge on any atom is 0.417 e. The molecule has 0 saturated heterocycles. The predicted molar refractivity (Wildman–Crippen MR) is 87.8 cm³/mol. The maximum atomic E-state index is 14.0. The van der Waals surface area contributed by atoms with E-state index in [-0.39, 0.29) is 11.3 Å². The highest BCUT2D eigenvalue weighted by Crippen LogP contribution is 2.34. The van der Waals surface area contributed by atoms with E-state index < -0.39 is 34.8 Å². The first kappa shape index (κ1) is 18.3. The van der Waals surface area contributed by atoms with Gasteiger partial charge in [0.25, 0.3) is 5.91 Å². The highest BCUT2D eigenvalue weighted by Gasteiger charge is 2.37. The molecule has 0 bridgehead atoms. The molecule has 0 unspecified atom stereocenters. The third-order valence-electron chi connectivity index (χ3n) is 3.66. The molecule has 0 aliphatic heterocycles. The second-order valence-electron chi connectivity index (χ2n) is 5.49. The molecule has 2 N–H and O–H groups in total. The lowest BCUT2D eigenvalue weighted by atomic mass is 9.98. The summed E-state index contributed by atoms with van der Waals surface area (Å²) in [5.41, 5.74) is -2.44. The molecule has 3 rings (SSSR count). The number of carbonyl (C=O) groups is 2. The van der Waals surface area contributed by atoms with Gasteiger partial charge in [0.05, 0.1) is 23.0 Å². The van der Waals surface area contributed by atoms with Crippen molar-refractivity contribution in [1.82, 2.24) is 9.97 Å². The molecule has 5 nitrogen and oxygen atoms in total. The monoisotopic (exact) mass is 377 g/mol. The molecule has 0 atom stereocenters. The quantitative estimate of drug-likeness (QED) is 0.532. The van der Waals surface area contributed by atoms with Gasteiger partial charge in [-0.2, -0.15) is 13.2 Å². The fourth-order valence-corrected chi connectivity index (χ4v) is 2.43. The Morgan fingerprint density at radius 1 is 1.11 bits per heavy atom. The van der Waals surface area contributed by atoms with Gasteiger partial charge in [0.2, 0.25) is 0 Å². The number of alkyl halides is 3. The normalized spacial score (nSPS) is 11.3. The fourth-order valence-electron chi connectivity index (χ4n) is 2.43. The third kappa shape index (κ3) is 3.86. The van der Waals surface area contributed by atoms with Gasteiger partial charge in [-0.3, -0.25) is 14.6 Å². The predicted octanol–water partition coefficient (Wildman–Crippen LogP) is 4.05. The number of halogens is 4. The summed E-state index contributed by atoms with van der Waals surface area (Å²) >= 11 is 0. The number of H-pyrrole nitrogens is 1. The Morgan fingerprint density at radius 3 is 2.56 bits per heavy atom. The highest BCUT2D eigenvalue weighted by molar-refractivity contribution is 6.12. The number of amides is 1. The van der Waals surface area contributed by atoms with E-state index in [1.54, 1.807) is 12.1 Å². The van der Waals surface area contributed by atoms with E-state index in [0.29, 0.717) is 11.8 Å². The first-order valence-corrected chi connectivity index (χ1v) is 7.57. The number of ketones is 1. The van der Waals surface area contributed by atoms with Crippen LogP contribution in [0.5, 0.6) is 0 Å². The van der Waals surface area contributed by atoms with E-state index in [9.17, 15) is 27.2 Å². The summed E-state index contributed by atoms with van der Waals surface area (Å²) in [4.78, 5) is 30.9. The van der Waals surface area contributed by atoms with E-state index in [4.69, 9.17) is 0 Å². The molecule has 2 heterocycles. The second kappa shape index (κ2) is 7.02. The fraction of sp³-hybridized carbons (Fsp3) is 0.0556. The Hall–Kier alpha value is -3.49. The third-order valence-corrected chi connectivity index (χ3v) is 3.66. The van der Waals surface area contributed by atoms with Gasteiger partial charge in [-0.05, 0) is 30.3 Å². The molecule has 1 aromatic carbocycles. The summed E-state index contributed by atoms with van der Waals surface area (Å²) in [6.07, 6.45) is -0.952. The number of rotatable bonds is 4. The molecule has 0 spiro atoms. The minimum absolute atomic E-state index is 0.0768. The van der Waals surface area contributed by atoms with Crippen LogP contribution in [0.2, 0.25) is 0 Å². The van der Waals surface area contributed by atoms with Gasteiger partial charge in [-0.1, -0.05) is 6.07 Å². The molecule has 0 aliphatic rings. The van der Waals surface area contributed by atoms with Crippen LogP contribution < -0.4 is 5.32 Å². The van der Waals surface area contributed by atoms with Crippen LogP contribution in [0.25, 0.3) is 0 Å². The summed E-state index contributed by atoms with van der Waals surface area (Å²) in [5.74, 6) is -3.11. The van der Waals surface area contributed by atoms with Crippen LogP contribution in [0.4, 0.5) is 23.2 Å². The van der Waals surface area contributed by atoms with Crippen LogP contribution in [-0.2, 0) is 6.18 Å². The van der Waals surface area contributed by atoms with Crippen molar-refractivity contribution in [2.45, 2.75) is 6.18 Å². The summed E-state index contributed by atoms with van der Waals surface area (Å²) in [6, 6.07) is 6.49. The highest BCUT2D eigenvalue weighted by atomic mass is 19.4. The number of carbonyl (C=O) groups excluding carboxylic acids is 2. The van der Waals surface area contributed by atoms with Gasteiger partial charge in [0.1, 0.15) is 11.5 Å². The number of pyridine rings is 1. The smallest absolute Gasteiger partial charge is 0.356 e. The molecule has 0 radical (unpaired) electrons. The van der Waals surface area contributed by atoms with Gasteiger partial charge >= 0.3 is 6.18 Å². The zero-order chi connectivity index (χ0) is 19.6. The zero-order valence-electron chi connectivity index (χ0n) is 13.5. The number of hydrogen-bond acceptors (Lipinski definition) is 3. The molecule has 0 saturated carbocycles. The van der Waals surface area contributed by atoms with E-state index in [1.807, 2.05) is 0 Å². The average Bonchev–Trinajstić information content (AvgIpc) is 3.11. The van der Waals surface area contributed by atoms with Crippen molar-refractivity contribution >= 4 is 17.4 Å². The first-order chi connectivity index (χ1) is 12.8. The van der Waals surface area contributed by atoms with E-state index in [2.05, 4.69) is 15.3 Å². The Bertz CT molecular complexity index is 997. The minimum Gasteiger partial charge on any atom is -0.356 e. The Morgan fingerprint density at radius 2 is 1.89 bits per heavy atom. The largest absolute Gasteiger partial charge is 0.417 e. The van der Waals surface area contributed by atoms with Gasteiger partial charge in [0.15, 0.2) is 5.78 Å². The van der Waals surface area contributed by atoms with Crippen molar-refractivity contribution in [2.75, 3.05) is 5.32 Å². The Balaban J connectivity index is 1.89. The van der Waals surface area contributed by atoms with Crippen LogP contribution in [-0.4, -0.2) is 21.7 Å². The Kier molecular flexibility index (Phi) is 4.76. The molecule has 0 aliphatic carbocycles. The first-order valence-electron chi connectivity index (χ1n) is 7.57. The van der Waals surface area contributed by atoms with Crippen molar-refractivity contribution in [2.24, 2.45) is 0 Å². The summed E-state index contributed by atoms with van der Waals surface area (Å²) in [7, 11) is 0. The number of benzene rings is 1. The number of nitrogens with zero attached hydrogens (tertiary/aromatic N) is 1. The van der Waals surface area contributed by atoms with Crippen molar-refractivity contribution < 1.29 is 27.2 Å². The van der Waals surface area contributed by atoms with E-state index >= 15 is 0 Å². The molecule has 2 aromatic heterocycles. The average molecular weight is 377 g/mol. The minimum atomic E-state index is -4.90. The van der Waals surface area contributed by atoms with E-state index in [1.165, 1.54) is 12.4 Å². The van der Waals surface area contributed by atoms with Gasteiger partial charge in [-0.25, -0.2) is 4.39 Å². The van der Waals surface area contributed by atoms with Gasteiger partial charge < -0.3 is 10.3 Å². The lowest BCUT2D eigenvalue weighted by Crippen LogP contribution is -2.15. The number of hydrogen-bond donors (Lipinski definition) is 2. The Labute approximate surface area is 150 Å². The van der Waals surface area contributed by atoms with Crippen LogP contribution in [0.15, 0.2) is 55.0 Å². The van der Waals surface area contributed by atoms with Crippen LogP contribution in [0, 0.1) is 5.82 Å². The molecule has 1 amide bonds. The topological polar surface area (TPSA) is 74.8 Å². The lowest BCUT2D eigenvalue weighted by Gasteiger charge is -2.12. The van der Waals surface area contributed by atoms with Crippen LogP contribution in [0.3, 0.4) is 0 Å². The van der Waals surface area contributed by atoms with Crippen molar-refractivity contribution in [3.8, 4) is 0 Å². The van der Waals surface area contributed by atoms with Crippen molar-refractivity contribution in [3.63, 3.8) is 0 Å².